The summed E-state index contributed by atoms with van der Waals surface area (Å²) >= 11 is 1.43. The quantitative estimate of drug-likeness (QED) is 0.433. The van der Waals surface area contributed by atoms with E-state index in [1.54, 1.807) is 32.0 Å². The smallest absolute Gasteiger partial charge is 0.341 e. The van der Waals surface area contributed by atoms with Crippen molar-refractivity contribution in [1.29, 1.82) is 0 Å². The normalized spacial score (nSPS) is 13.0. The number of rotatable bonds is 6. The number of nitrogens with one attached hydrogen (secondary N) is 1. The molecule has 0 bridgehead atoms. The van der Waals surface area contributed by atoms with E-state index in [9.17, 15) is 14.4 Å². The van der Waals surface area contributed by atoms with Crippen LogP contribution in [0.25, 0.3) is 11.0 Å². The molecule has 1 N–H and O–H groups in total. The molecule has 8 heteroatoms. The lowest BCUT2D eigenvalue weighted by atomic mass is 9.95. The third-order valence-corrected chi connectivity index (χ3v) is 6.91. The molecule has 0 saturated heterocycles. The van der Waals surface area contributed by atoms with Crippen molar-refractivity contribution >= 4 is 39.2 Å². The molecule has 0 aliphatic heterocycles. The van der Waals surface area contributed by atoms with Crippen LogP contribution >= 0.6 is 11.3 Å². The number of carbonyl (C=O) groups excluding carboxylic acids is 2. The van der Waals surface area contributed by atoms with E-state index in [0.29, 0.717) is 27.5 Å². The molecule has 1 aliphatic rings. The Morgan fingerprint density at radius 2 is 1.94 bits per heavy atom. The molecule has 0 saturated carbocycles. The van der Waals surface area contributed by atoms with Gasteiger partial charge in [0.25, 0.3) is 5.91 Å². The van der Waals surface area contributed by atoms with Gasteiger partial charge in [0.1, 0.15) is 16.3 Å². The summed E-state index contributed by atoms with van der Waals surface area (Å²) in [6.45, 7) is 5.38. The first-order valence-electron chi connectivity index (χ1n) is 10.7. The van der Waals surface area contributed by atoms with Gasteiger partial charge >= 0.3 is 11.6 Å². The van der Waals surface area contributed by atoms with Crippen molar-refractivity contribution in [2.24, 2.45) is 0 Å². The molecule has 4 rings (SSSR count). The fourth-order valence-corrected chi connectivity index (χ4v) is 5.20. The van der Waals surface area contributed by atoms with Gasteiger partial charge in [-0.2, -0.15) is 0 Å². The van der Waals surface area contributed by atoms with Crippen LogP contribution in [-0.4, -0.2) is 25.1 Å². The van der Waals surface area contributed by atoms with Gasteiger partial charge in [-0.05, 0) is 69.7 Å². The maximum Gasteiger partial charge on any atom is 0.341 e. The molecular formula is C24H25NO6S. The second-order valence-corrected chi connectivity index (χ2v) is 8.88. The van der Waals surface area contributed by atoms with E-state index in [2.05, 4.69) is 5.32 Å². The number of esters is 1. The Balaban J connectivity index is 1.50. The highest BCUT2D eigenvalue weighted by Gasteiger charge is 2.27. The minimum atomic E-state index is -0.404. The lowest BCUT2D eigenvalue weighted by Crippen LogP contribution is -2.21. The molecule has 0 unspecified atom stereocenters. The molecule has 7 nitrogen and oxygen atoms in total. The Labute approximate surface area is 189 Å². The standard InChI is InChI=1S/C24H25NO6S/c1-4-29-24(28)21-17-7-5-6-8-19(17)32-22(21)25-20(26)12-30-15-9-10-16-13(2)14(3)23(27)31-18(16)11-15/h9-11H,4-8,12H2,1-3H3,(H,25,26). The highest BCUT2D eigenvalue weighted by atomic mass is 32.1. The third kappa shape index (κ3) is 4.27. The average Bonchev–Trinajstić information content (AvgIpc) is 3.14. The Hall–Kier alpha value is -3.13. The molecule has 2 aromatic heterocycles. The number of fused-ring (bicyclic) bond motifs is 2. The summed E-state index contributed by atoms with van der Waals surface area (Å²) in [5.74, 6) is -0.371. The fourth-order valence-electron chi connectivity index (χ4n) is 3.90. The summed E-state index contributed by atoms with van der Waals surface area (Å²) in [7, 11) is 0. The van der Waals surface area contributed by atoms with Gasteiger partial charge in [-0.25, -0.2) is 9.59 Å². The number of amides is 1. The van der Waals surface area contributed by atoms with E-state index >= 15 is 0 Å². The van der Waals surface area contributed by atoms with E-state index in [1.807, 2.05) is 6.92 Å². The Kier molecular flexibility index (Phi) is 6.32. The average molecular weight is 456 g/mol. The Bertz CT molecular complexity index is 1260. The zero-order valence-electron chi connectivity index (χ0n) is 18.3. The maximum atomic E-state index is 12.6. The third-order valence-electron chi connectivity index (χ3n) is 5.70. The summed E-state index contributed by atoms with van der Waals surface area (Å²) in [4.78, 5) is 38.2. The van der Waals surface area contributed by atoms with Crippen molar-refractivity contribution in [2.75, 3.05) is 18.5 Å². The topological polar surface area (TPSA) is 94.8 Å². The van der Waals surface area contributed by atoms with Gasteiger partial charge < -0.3 is 19.2 Å². The van der Waals surface area contributed by atoms with Crippen molar-refractivity contribution in [3.8, 4) is 5.75 Å². The van der Waals surface area contributed by atoms with Gasteiger partial charge in [-0.1, -0.05) is 0 Å². The largest absolute Gasteiger partial charge is 0.484 e. The molecule has 1 amide bonds. The van der Waals surface area contributed by atoms with Crippen LogP contribution < -0.4 is 15.7 Å². The van der Waals surface area contributed by atoms with Crippen molar-refractivity contribution in [2.45, 2.75) is 46.5 Å². The summed E-state index contributed by atoms with van der Waals surface area (Å²) < 4.78 is 16.2. The van der Waals surface area contributed by atoms with Crippen LogP contribution in [0.4, 0.5) is 5.00 Å². The van der Waals surface area contributed by atoms with E-state index < -0.39 is 11.6 Å². The molecular weight excluding hydrogens is 430 g/mol. The molecule has 3 aromatic rings. The van der Waals surface area contributed by atoms with Gasteiger partial charge in [0.05, 0.1) is 12.2 Å². The van der Waals surface area contributed by atoms with E-state index in [-0.39, 0.29) is 19.1 Å². The zero-order chi connectivity index (χ0) is 22.8. The number of aryl methyl sites for hydroxylation is 2. The van der Waals surface area contributed by atoms with Crippen molar-refractivity contribution < 1.29 is 23.5 Å². The summed E-state index contributed by atoms with van der Waals surface area (Å²) in [5.41, 5.74) is 2.91. The van der Waals surface area contributed by atoms with Crippen LogP contribution in [0.1, 0.15) is 51.7 Å². The van der Waals surface area contributed by atoms with Crippen LogP contribution in [0.5, 0.6) is 5.75 Å². The molecule has 0 spiro atoms. The Morgan fingerprint density at radius 3 is 2.72 bits per heavy atom. The second kappa shape index (κ2) is 9.16. The van der Waals surface area contributed by atoms with E-state index in [0.717, 1.165) is 47.1 Å². The lowest BCUT2D eigenvalue weighted by Gasteiger charge is -2.12. The molecule has 168 valence electrons. The van der Waals surface area contributed by atoms with Crippen LogP contribution in [0, 0.1) is 13.8 Å². The van der Waals surface area contributed by atoms with Crippen LogP contribution in [0.15, 0.2) is 27.4 Å². The molecule has 0 fully saturated rings. The number of anilines is 1. The zero-order valence-corrected chi connectivity index (χ0v) is 19.1. The highest BCUT2D eigenvalue weighted by Crippen LogP contribution is 2.38. The van der Waals surface area contributed by atoms with Gasteiger partial charge in [-0.3, -0.25) is 4.79 Å². The molecule has 0 atom stereocenters. The van der Waals surface area contributed by atoms with Crippen molar-refractivity contribution in [1.82, 2.24) is 0 Å². The van der Waals surface area contributed by atoms with Crippen molar-refractivity contribution in [3.63, 3.8) is 0 Å². The maximum absolute atomic E-state index is 12.6. The minimum absolute atomic E-state index is 0.245. The first-order valence-corrected chi connectivity index (χ1v) is 11.5. The van der Waals surface area contributed by atoms with Gasteiger partial charge in [0.2, 0.25) is 0 Å². The Morgan fingerprint density at radius 1 is 1.16 bits per heavy atom. The molecule has 2 heterocycles. The predicted molar refractivity (Wildman–Crippen MR) is 123 cm³/mol. The summed E-state index contributed by atoms with van der Waals surface area (Å²) in [6, 6.07) is 5.14. The number of benzene rings is 1. The number of thiophene rings is 1. The van der Waals surface area contributed by atoms with Crippen LogP contribution in [0.3, 0.4) is 0 Å². The molecule has 1 aromatic carbocycles. The monoisotopic (exact) mass is 455 g/mol. The molecule has 0 radical (unpaired) electrons. The lowest BCUT2D eigenvalue weighted by molar-refractivity contribution is -0.118. The van der Waals surface area contributed by atoms with Gasteiger partial charge in [-0.15, -0.1) is 11.3 Å². The SMILES string of the molecule is CCOC(=O)c1c(NC(=O)COc2ccc3c(C)c(C)c(=O)oc3c2)sc2c1CCCC2. The van der Waals surface area contributed by atoms with E-state index in [4.69, 9.17) is 13.9 Å². The van der Waals surface area contributed by atoms with Crippen LogP contribution in [0.2, 0.25) is 0 Å². The first-order chi connectivity index (χ1) is 15.4. The number of ether oxygens (including phenoxy) is 2. The molecule has 32 heavy (non-hydrogen) atoms. The highest BCUT2D eigenvalue weighted by molar-refractivity contribution is 7.17. The van der Waals surface area contributed by atoms with Gasteiger partial charge in [0, 0.05) is 21.9 Å². The molecule has 1 aliphatic carbocycles. The minimum Gasteiger partial charge on any atom is -0.484 e. The predicted octanol–water partition coefficient (Wildman–Crippen LogP) is 4.54. The van der Waals surface area contributed by atoms with Crippen LogP contribution in [-0.2, 0) is 22.4 Å². The van der Waals surface area contributed by atoms with Crippen molar-refractivity contribution in [3.05, 3.63) is 55.8 Å². The first kappa shape index (κ1) is 22.1. The van der Waals surface area contributed by atoms with E-state index in [1.165, 1.54) is 11.3 Å². The fraction of sp³-hybridized carbons (Fsp3) is 0.375. The second-order valence-electron chi connectivity index (χ2n) is 7.77. The summed E-state index contributed by atoms with van der Waals surface area (Å²) in [6.07, 6.45) is 3.81. The summed E-state index contributed by atoms with van der Waals surface area (Å²) in [5, 5.41) is 4.16. The van der Waals surface area contributed by atoms with Gasteiger partial charge in [0.15, 0.2) is 6.61 Å². The number of carbonyl (C=O) groups is 2. The number of hydrogen-bond acceptors (Lipinski definition) is 7. The number of hydrogen-bond donors (Lipinski definition) is 1.